The van der Waals surface area contributed by atoms with Gasteiger partial charge in [-0.25, -0.2) is 0 Å². The van der Waals surface area contributed by atoms with Crippen LogP contribution in [-0.2, 0) is 0 Å². The van der Waals surface area contributed by atoms with Crippen molar-refractivity contribution >= 4 is 24.8 Å². The highest BCUT2D eigenvalue weighted by Crippen LogP contribution is 2.40. The van der Waals surface area contributed by atoms with Crippen LogP contribution in [0.3, 0.4) is 0 Å². The van der Waals surface area contributed by atoms with E-state index >= 15 is 0 Å². The SMILES string of the molecule is Cc1ccc([C@@H](C2CCCC2)N2CCNCC2)c(C)c1.Cl.Cl. The molecule has 126 valence electrons. The smallest absolute Gasteiger partial charge is 0.0379 e. The van der Waals surface area contributed by atoms with E-state index in [4.69, 9.17) is 0 Å². The number of halogens is 2. The molecule has 2 aliphatic rings. The Bertz CT molecular complexity index is 452. The van der Waals surface area contributed by atoms with Gasteiger partial charge in [-0.3, -0.25) is 4.90 Å². The van der Waals surface area contributed by atoms with E-state index in [0.29, 0.717) is 6.04 Å². The molecule has 0 bridgehead atoms. The Morgan fingerprint density at radius 1 is 1.05 bits per heavy atom. The van der Waals surface area contributed by atoms with Crippen molar-refractivity contribution in [2.45, 2.75) is 45.6 Å². The normalized spacial score (nSPS) is 21.0. The third-order valence-electron chi connectivity index (χ3n) is 5.14. The summed E-state index contributed by atoms with van der Waals surface area (Å²) in [5.41, 5.74) is 4.46. The molecule has 1 aliphatic heterocycles. The standard InChI is InChI=1S/C18H28N2.2ClH/c1-14-7-8-17(15(2)13-14)18(16-5-3-4-6-16)20-11-9-19-10-12-20;;/h7-8,13,16,18-19H,3-6,9-12H2,1-2H3;2*1H/t18-;;/m1../s1. The second-order valence-corrected chi connectivity index (χ2v) is 6.64. The summed E-state index contributed by atoms with van der Waals surface area (Å²) in [5, 5.41) is 3.49. The van der Waals surface area contributed by atoms with Crippen LogP contribution in [0.5, 0.6) is 0 Å². The van der Waals surface area contributed by atoms with Crippen LogP contribution < -0.4 is 5.32 Å². The van der Waals surface area contributed by atoms with Crippen LogP contribution in [0.15, 0.2) is 18.2 Å². The largest absolute Gasteiger partial charge is 0.314 e. The average Bonchev–Trinajstić information content (AvgIpc) is 2.97. The summed E-state index contributed by atoms with van der Waals surface area (Å²) < 4.78 is 0. The molecular formula is C18H30Cl2N2. The molecule has 1 aliphatic carbocycles. The minimum atomic E-state index is 0. The van der Waals surface area contributed by atoms with Crippen LogP contribution in [0.1, 0.15) is 48.4 Å². The molecule has 0 amide bonds. The molecule has 22 heavy (non-hydrogen) atoms. The van der Waals surface area contributed by atoms with E-state index in [9.17, 15) is 0 Å². The molecule has 1 saturated carbocycles. The lowest BCUT2D eigenvalue weighted by Gasteiger charge is -2.39. The van der Waals surface area contributed by atoms with Crippen molar-refractivity contribution in [3.05, 3.63) is 34.9 Å². The Balaban J connectivity index is 0.00000121. The number of nitrogens with zero attached hydrogens (tertiary/aromatic N) is 1. The first-order chi connectivity index (χ1) is 9.75. The van der Waals surface area contributed by atoms with Crippen molar-refractivity contribution in [2.75, 3.05) is 26.2 Å². The van der Waals surface area contributed by atoms with Gasteiger partial charge in [-0.2, -0.15) is 0 Å². The molecule has 1 aromatic rings. The van der Waals surface area contributed by atoms with Gasteiger partial charge >= 0.3 is 0 Å². The van der Waals surface area contributed by atoms with Gasteiger partial charge in [0.1, 0.15) is 0 Å². The second kappa shape index (κ2) is 9.12. The second-order valence-electron chi connectivity index (χ2n) is 6.64. The minimum Gasteiger partial charge on any atom is -0.314 e. The van der Waals surface area contributed by atoms with Crippen LogP contribution in [0, 0.1) is 19.8 Å². The maximum atomic E-state index is 3.49. The van der Waals surface area contributed by atoms with Crippen molar-refractivity contribution in [3.8, 4) is 0 Å². The molecule has 2 fully saturated rings. The molecule has 3 rings (SSSR count). The van der Waals surface area contributed by atoms with E-state index in [1.807, 2.05) is 0 Å². The number of piperazine rings is 1. The lowest BCUT2D eigenvalue weighted by atomic mass is 9.87. The van der Waals surface area contributed by atoms with Crippen molar-refractivity contribution in [2.24, 2.45) is 5.92 Å². The van der Waals surface area contributed by atoms with Gasteiger partial charge < -0.3 is 5.32 Å². The number of nitrogens with one attached hydrogen (secondary N) is 1. The zero-order valence-corrected chi connectivity index (χ0v) is 15.4. The fraction of sp³-hybridized carbons (Fsp3) is 0.667. The highest BCUT2D eigenvalue weighted by atomic mass is 35.5. The zero-order valence-electron chi connectivity index (χ0n) is 13.8. The number of hydrogen-bond donors (Lipinski definition) is 1. The number of benzene rings is 1. The maximum absolute atomic E-state index is 3.49. The van der Waals surface area contributed by atoms with E-state index in [0.717, 1.165) is 19.0 Å². The molecule has 4 heteroatoms. The molecule has 0 spiro atoms. The zero-order chi connectivity index (χ0) is 13.9. The maximum Gasteiger partial charge on any atom is 0.0379 e. The number of hydrogen-bond acceptors (Lipinski definition) is 2. The first kappa shape index (κ1) is 19.8. The topological polar surface area (TPSA) is 15.3 Å². The number of rotatable bonds is 3. The lowest BCUT2D eigenvalue weighted by molar-refractivity contribution is 0.125. The fourth-order valence-electron chi connectivity index (χ4n) is 4.14. The molecule has 1 saturated heterocycles. The highest BCUT2D eigenvalue weighted by molar-refractivity contribution is 5.85. The quantitative estimate of drug-likeness (QED) is 0.879. The Hall–Kier alpha value is -0.280. The summed E-state index contributed by atoms with van der Waals surface area (Å²) in [4.78, 5) is 2.74. The van der Waals surface area contributed by atoms with E-state index < -0.39 is 0 Å². The van der Waals surface area contributed by atoms with Crippen LogP contribution in [-0.4, -0.2) is 31.1 Å². The molecular weight excluding hydrogens is 315 g/mol. The van der Waals surface area contributed by atoms with E-state index in [2.05, 4.69) is 42.3 Å². The van der Waals surface area contributed by atoms with Crippen LogP contribution in [0.2, 0.25) is 0 Å². The van der Waals surface area contributed by atoms with Gasteiger partial charge in [0, 0.05) is 32.2 Å². The predicted molar refractivity (Wildman–Crippen MR) is 99.6 cm³/mol. The molecule has 1 atom stereocenters. The number of aryl methyl sites for hydroxylation is 2. The predicted octanol–water partition coefficient (Wildman–Crippen LogP) is 4.28. The average molecular weight is 345 g/mol. The molecule has 0 aromatic heterocycles. The summed E-state index contributed by atoms with van der Waals surface area (Å²) in [5.74, 6) is 0.870. The summed E-state index contributed by atoms with van der Waals surface area (Å²) >= 11 is 0. The summed E-state index contributed by atoms with van der Waals surface area (Å²) in [6.07, 6.45) is 5.69. The Morgan fingerprint density at radius 2 is 1.68 bits per heavy atom. The summed E-state index contributed by atoms with van der Waals surface area (Å²) in [6, 6.07) is 7.71. The van der Waals surface area contributed by atoms with Gasteiger partial charge in [0.15, 0.2) is 0 Å². The molecule has 0 unspecified atom stereocenters. The Kier molecular flexibility index (Phi) is 8.20. The van der Waals surface area contributed by atoms with E-state index in [1.54, 1.807) is 5.56 Å². The van der Waals surface area contributed by atoms with Gasteiger partial charge in [0.25, 0.3) is 0 Å². The highest BCUT2D eigenvalue weighted by Gasteiger charge is 2.32. The van der Waals surface area contributed by atoms with Gasteiger partial charge in [-0.15, -0.1) is 24.8 Å². The van der Waals surface area contributed by atoms with Crippen molar-refractivity contribution in [1.82, 2.24) is 10.2 Å². The van der Waals surface area contributed by atoms with E-state index in [-0.39, 0.29) is 24.8 Å². The third kappa shape index (κ3) is 4.38. The van der Waals surface area contributed by atoms with Crippen LogP contribution in [0.25, 0.3) is 0 Å². The van der Waals surface area contributed by atoms with Crippen molar-refractivity contribution in [1.29, 1.82) is 0 Å². The first-order valence-corrected chi connectivity index (χ1v) is 8.27. The third-order valence-corrected chi connectivity index (χ3v) is 5.14. The minimum absolute atomic E-state index is 0. The van der Waals surface area contributed by atoms with Crippen molar-refractivity contribution < 1.29 is 0 Å². The van der Waals surface area contributed by atoms with Gasteiger partial charge in [-0.1, -0.05) is 36.6 Å². The molecule has 2 nitrogen and oxygen atoms in total. The Labute approximate surface area is 147 Å². The van der Waals surface area contributed by atoms with Gasteiger partial charge in [0.05, 0.1) is 0 Å². The van der Waals surface area contributed by atoms with Crippen LogP contribution in [0.4, 0.5) is 0 Å². The molecule has 0 radical (unpaired) electrons. The van der Waals surface area contributed by atoms with Gasteiger partial charge in [0.2, 0.25) is 0 Å². The summed E-state index contributed by atoms with van der Waals surface area (Å²) in [6.45, 7) is 9.20. The fourth-order valence-corrected chi connectivity index (χ4v) is 4.14. The molecule has 1 N–H and O–H groups in total. The van der Waals surface area contributed by atoms with Crippen LogP contribution >= 0.6 is 24.8 Å². The summed E-state index contributed by atoms with van der Waals surface area (Å²) in [7, 11) is 0. The Morgan fingerprint density at radius 3 is 2.27 bits per heavy atom. The molecule has 1 heterocycles. The monoisotopic (exact) mass is 344 g/mol. The van der Waals surface area contributed by atoms with Gasteiger partial charge in [-0.05, 0) is 43.7 Å². The first-order valence-electron chi connectivity index (χ1n) is 8.27. The van der Waals surface area contributed by atoms with E-state index in [1.165, 1.54) is 49.9 Å². The molecule has 1 aromatic carbocycles. The lowest BCUT2D eigenvalue weighted by Crippen LogP contribution is -2.46. The van der Waals surface area contributed by atoms with Crippen molar-refractivity contribution in [3.63, 3.8) is 0 Å².